The van der Waals surface area contributed by atoms with Gasteiger partial charge in [0.1, 0.15) is 11.5 Å². The lowest BCUT2D eigenvalue weighted by Gasteiger charge is -2.17. The third-order valence-corrected chi connectivity index (χ3v) is 4.69. The standard InChI is InChI=1S/C22H17Cl2NO4/c1-13(14-5-7-15(8-6-14)22(27)28)25-21(26)19-12-17(24)9-10-20(19)29-18-4-2-3-16(23)11-18/h2-13H,1H3,(H,25,26)(H,27,28). The van der Waals surface area contributed by atoms with E-state index in [-0.39, 0.29) is 23.1 Å². The molecule has 1 unspecified atom stereocenters. The van der Waals surface area contributed by atoms with Crippen LogP contribution in [0.2, 0.25) is 10.0 Å². The summed E-state index contributed by atoms with van der Waals surface area (Å²) in [5, 5.41) is 12.8. The molecule has 3 aromatic rings. The Labute approximate surface area is 177 Å². The van der Waals surface area contributed by atoms with Gasteiger partial charge in [0.25, 0.3) is 5.91 Å². The van der Waals surface area contributed by atoms with Gasteiger partial charge >= 0.3 is 5.97 Å². The van der Waals surface area contributed by atoms with Gasteiger partial charge in [0.2, 0.25) is 0 Å². The summed E-state index contributed by atoms with van der Waals surface area (Å²) in [5.41, 5.74) is 1.22. The van der Waals surface area contributed by atoms with Gasteiger partial charge in [-0.15, -0.1) is 0 Å². The highest BCUT2D eigenvalue weighted by molar-refractivity contribution is 6.31. The molecule has 3 aromatic carbocycles. The van der Waals surface area contributed by atoms with Gasteiger partial charge in [-0.25, -0.2) is 4.79 Å². The summed E-state index contributed by atoms with van der Waals surface area (Å²) in [6.07, 6.45) is 0. The van der Waals surface area contributed by atoms with Crippen LogP contribution < -0.4 is 10.1 Å². The van der Waals surface area contributed by atoms with Crippen LogP contribution >= 0.6 is 23.2 Å². The number of benzene rings is 3. The SMILES string of the molecule is CC(NC(=O)c1cc(Cl)ccc1Oc1cccc(Cl)c1)c1ccc(C(=O)O)cc1. The summed E-state index contributed by atoms with van der Waals surface area (Å²) in [5.74, 6) is -0.553. The second-order valence-electron chi connectivity index (χ2n) is 6.32. The van der Waals surface area contributed by atoms with E-state index in [2.05, 4.69) is 5.32 Å². The lowest BCUT2D eigenvalue weighted by Crippen LogP contribution is -2.27. The molecule has 0 aliphatic heterocycles. The molecule has 0 aromatic heterocycles. The van der Waals surface area contributed by atoms with Gasteiger partial charge in [-0.3, -0.25) is 4.79 Å². The number of halogens is 2. The third-order valence-electron chi connectivity index (χ3n) is 4.22. The predicted octanol–water partition coefficient (Wildman–Crippen LogP) is 5.97. The monoisotopic (exact) mass is 429 g/mol. The van der Waals surface area contributed by atoms with E-state index in [1.54, 1.807) is 55.5 Å². The molecular formula is C22H17Cl2NO4. The first-order valence-electron chi connectivity index (χ1n) is 8.70. The minimum absolute atomic E-state index is 0.180. The Hall–Kier alpha value is -3.02. The molecule has 7 heteroatoms. The van der Waals surface area contributed by atoms with Crippen LogP contribution in [0, 0.1) is 0 Å². The average molecular weight is 430 g/mol. The molecule has 0 heterocycles. The minimum Gasteiger partial charge on any atom is -0.478 e. The summed E-state index contributed by atoms with van der Waals surface area (Å²) < 4.78 is 5.83. The molecule has 3 rings (SSSR count). The van der Waals surface area contributed by atoms with Gasteiger partial charge in [-0.2, -0.15) is 0 Å². The van der Waals surface area contributed by atoms with E-state index in [9.17, 15) is 9.59 Å². The van der Waals surface area contributed by atoms with E-state index in [1.165, 1.54) is 18.2 Å². The van der Waals surface area contributed by atoms with Gasteiger partial charge in [-0.05, 0) is 61.0 Å². The molecule has 148 valence electrons. The van der Waals surface area contributed by atoms with Gasteiger partial charge in [0, 0.05) is 10.0 Å². The van der Waals surface area contributed by atoms with E-state index in [0.717, 1.165) is 5.56 Å². The first-order chi connectivity index (χ1) is 13.8. The Morgan fingerprint density at radius 2 is 1.66 bits per heavy atom. The van der Waals surface area contributed by atoms with E-state index in [4.69, 9.17) is 33.0 Å². The molecule has 0 fully saturated rings. The Bertz CT molecular complexity index is 1050. The smallest absolute Gasteiger partial charge is 0.335 e. The maximum atomic E-state index is 12.9. The van der Waals surface area contributed by atoms with Crippen molar-refractivity contribution in [1.82, 2.24) is 5.32 Å². The quantitative estimate of drug-likeness (QED) is 0.505. The number of carbonyl (C=O) groups excluding carboxylic acids is 1. The highest BCUT2D eigenvalue weighted by Gasteiger charge is 2.17. The summed E-state index contributed by atoms with van der Waals surface area (Å²) in [4.78, 5) is 23.8. The molecule has 0 saturated carbocycles. The Morgan fingerprint density at radius 3 is 2.31 bits per heavy atom. The first kappa shape index (κ1) is 20.7. The number of amides is 1. The van der Waals surface area contributed by atoms with Gasteiger partial charge in [0.05, 0.1) is 17.2 Å². The molecular weight excluding hydrogens is 413 g/mol. The van der Waals surface area contributed by atoms with Gasteiger partial charge in [0.15, 0.2) is 0 Å². The molecule has 29 heavy (non-hydrogen) atoms. The van der Waals surface area contributed by atoms with Crippen LogP contribution in [-0.2, 0) is 0 Å². The van der Waals surface area contributed by atoms with Crippen LogP contribution in [0.1, 0.15) is 39.2 Å². The van der Waals surface area contributed by atoms with Crippen molar-refractivity contribution in [2.75, 3.05) is 0 Å². The fourth-order valence-electron chi connectivity index (χ4n) is 2.70. The minimum atomic E-state index is -1.00. The molecule has 0 radical (unpaired) electrons. The van der Waals surface area contributed by atoms with Gasteiger partial charge < -0.3 is 15.2 Å². The molecule has 0 aliphatic rings. The molecule has 0 saturated heterocycles. The van der Waals surface area contributed by atoms with E-state index < -0.39 is 5.97 Å². The van der Waals surface area contributed by atoms with Crippen LogP contribution in [0.25, 0.3) is 0 Å². The average Bonchev–Trinajstić information content (AvgIpc) is 2.69. The predicted molar refractivity (Wildman–Crippen MR) is 112 cm³/mol. The Morgan fingerprint density at radius 1 is 0.966 bits per heavy atom. The number of aromatic carboxylic acids is 1. The van der Waals surface area contributed by atoms with Crippen molar-refractivity contribution in [3.05, 3.63) is 93.5 Å². The molecule has 0 spiro atoms. The van der Waals surface area contributed by atoms with E-state index >= 15 is 0 Å². The fourth-order valence-corrected chi connectivity index (χ4v) is 3.05. The normalized spacial score (nSPS) is 11.6. The molecule has 2 N–H and O–H groups in total. The topological polar surface area (TPSA) is 75.6 Å². The van der Waals surface area contributed by atoms with Crippen molar-refractivity contribution in [3.8, 4) is 11.5 Å². The lowest BCUT2D eigenvalue weighted by molar-refractivity contribution is 0.0696. The van der Waals surface area contributed by atoms with Crippen molar-refractivity contribution >= 4 is 35.1 Å². The number of carbonyl (C=O) groups is 2. The second kappa shape index (κ2) is 8.99. The van der Waals surface area contributed by atoms with Crippen molar-refractivity contribution in [2.24, 2.45) is 0 Å². The molecule has 5 nitrogen and oxygen atoms in total. The molecule has 1 amide bonds. The number of carboxylic acids is 1. The largest absolute Gasteiger partial charge is 0.478 e. The molecule has 0 aliphatic carbocycles. The highest BCUT2D eigenvalue weighted by Crippen LogP contribution is 2.30. The van der Waals surface area contributed by atoms with E-state index in [1.807, 2.05) is 0 Å². The van der Waals surface area contributed by atoms with Crippen LogP contribution in [-0.4, -0.2) is 17.0 Å². The summed E-state index contributed by atoms with van der Waals surface area (Å²) >= 11 is 12.1. The second-order valence-corrected chi connectivity index (χ2v) is 7.20. The van der Waals surface area contributed by atoms with Crippen LogP contribution in [0.15, 0.2) is 66.7 Å². The summed E-state index contributed by atoms with van der Waals surface area (Å²) in [6.45, 7) is 1.80. The van der Waals surface area contributed by atoms with Crippen LogP contribution in [0.5, 0.6) is 11.5 Å². The molecule has 0 bridgehead atoms. The highest BCUT2D eigenvalue weighted by atomic mass is 35.5. The number of ether oxygens (including phenoxy) is 1. The van der Waals surface area contributed by atoms with E-state index in [0.29, 0.717) is 21.5 Å². The number of rotatable bonds is 6. The zero-order valence-electron chi connectivity index (χ0n) is 15.4. The number of hydrogen-bond acceptors (Lipinski definition) is 3. The summed E-state index contributed by atoms with van der Waals surface area (Å²) in [7, 11) is 0. The first-order valence-corrected chi connectivity index (χ1v) is 9.46. The van der Waals surface area contributed by atoms with Crippen molar-refractivity contribution in [2.45, 2.75) is 13.0 Å². The van der Waals surface area contributed by atoms with Crippen LogP contribution in [0.3, 0.4) is 0 Å². The number of carboxylic acid groups (broad SMARTS) is 1. The maximum absolute atomic E-state index is 12.9. The fraction of sp³-hybridized carbons (Fsp3) is 0.0909. The van der Waals surface area contributed by atoms with Crippen LogP contribution in [0.4, 0.5) is 0 Å². The summed E-state index contributed by atoms with van der Waals surface area (Å²) in [6, 6.07) is 17.6. The Kier molecular flexibility index (Phi) is 6.42. The zero-order chi connectivity index (χ0) is 21.0. The van der Waals surface area contributed by atoms with Crippen molar-refractivity contribution in [1.29, 1.82) is 0 Å². The number of hydrogen-bond donors (Lipinski definition) is 2. The van der Waals surface area contributed by atoms with Crippen molar-refractivity contribution < 1.29 is 19.4 Å². The Balaban J connectivity index is 1.80. The maximum Gasteiger partial charge on any atom is 0.335 e. The molecule has 1 atom stereocenters. The van der Waals surface area contributed by atoms with Crippen molar-refractivity contribution in [3.63, 3.8) is 0 Å². The lowest BCUT2D eigenvalue weighted by atomic mass is 10.1. The number of nitrogens with one attached hydrogen (secondary N) is 1. The third kappa shape index (κ3) is 5.28. The van der Waals surface area contributed by atoms with Gasteiger partial charge in [-0.1, -0.05) is 41.4 Å². The zero-order valence-corrected chi connectivity index (χ0v) is 16.9.